The summed E-state index contributed by atoms with van der Waals surface area (Å²) in [5.74, 6) is 1.48. The van der Waals surface area contributed by atoms with Gasteiger partial charge in [-0.15, -0.1) is 0 Å². The first-order valence-corrected chi connectivity index (χ1v) is 11.7. The fourth-order valence-corrected chi connectivity index (χ4v) is 4.84. The maximum atomic E-state index is 13.7. The van der Waals surface area contributed by atoms with Crippen LogP contribution in [0.25, 0.3) is 0 Å². The summed E-state index contributed by atoms with van der Waals surface area (Å²) in [6.07, 6.45) is 3.79. The fraction of sp³-hybridized carbons (Fsp3) is 0.259. The average Bonchev–Trinajstić information content (AvgIpc) is 3.64. The van der Waals surface area contributed by atoms with Gasteiger partial charge < -0.3 is 28.5 Å². The second kappa shape index (κ2) is 8.96. The van der Waals surface area contributed by atoms with Crippen LogP contribution in [-0.2, 0) is 17.7 Å². The Hall–Kier alpha value is -4.04. The first-order valence-electron chi connectivity index (χ1n) is 11.7. The molecule has 178 valence electrons. The lowest BCUT2D eigenvalue weighted by atomic mass is 10.0. The molecule has 1 aromatic carbocycles. The van der Waals surface area contributed by atoms with Crippen LogP contribution in [0, 0.1) is 0 Å². The zero-order valence-electron chi connectivity index (χ0n) is 19.1. The topological polar surface area (TPSA) is 92.2 Å². The van der Waals surface area contributed by atoms with E-state index in [4.69, 9.17) is 18.6 Å². The van der Waals surface area contributed by atoms with E-state index in [9.17, 15) is 9.90 Å². The van der Waals surface area contributed by atoms with Gasteiger partial charge in [0.2, 0.25) is 0 Å². The molecule has 1 fully saturated rings. The molecule has 1 N–H and O–H groups in total. The van der Waals surface area contributed by atoms with Crippen molar-refractivity contribution < 1.29 is 23.5 Å². The van der Waals surface area contributed by atoms with E-state index in [-0.39, 0.29) is 11.7 Å². The van der Waals surface area contributed by atoms with Gasteiger partial charge in [-0.25, -0.2) is 0 Å². The van der Waals surface area contributed by atoms with Crippen molar-refractivity contribution in [3.05, 3.63) is 101 Å². The van der Waals surface area contributed by atoms with Crippen LogP contribution in [0.2, 0.25) is 0 Å². The first-order chi connectivity index (χ1) is 17.2. The predicted molar refractivity (Wildman–Crippen MR) is 127 cm³/mol. The van der Waals surface area contributed by atoms with Crippen molar-refractivity contribution in [2.45, 2.75) is 19.0 Å². The molecule has 1 amide bonds. The molecule has 8 nitrogen and oxygen atoms in total. The molecule has 8 heteroatoms. The van der Waals surface area contributed by atoms with E-state index in [0.29, 0.717) is 49.0 Å². The SMILES string of the molecule is O=C1c2cc(N3CCOCC3)c(Cc3ccc(O)cc3)nc2C(c2ccco2)N1Cc1ccco1. The highest BCUT2D eigenvalue weighted by Gasteiger charge is 2.42. The summed E-state index contributed by atoms with van der Waals surface area (Å²) in [5.41, 5.74) is 4.10. The summed E-state index contributed by atoms with van der Waals surface area (Å²) < 4.78 is 16.9. The van der Waals surface area contributed by atoms with Crippen LogP contribution < -0.4 is 4.90 Å². The van der Waals surface area contributed by atoms with Crippen LogP contribution in [0.1, 0.15) is 44.9 Å². The second-order valence-electron chi connectivity index (χ2n) is 8.76. The quantitative estimate of drug-likeness (QED) is 0.452. The van der Waals surface area contributed by atoms with Gasteiger partial charge in [0.25, 0.3) is 5.91 Å². The summed E-state index contributed by atoms with van der Waals surface area (Å²) in [5, 5.41) is 9.71. The molecule has 6 rings (SSSR count). The van der Waals surface area contributed by atoms with Gasteiger partial charge in [0, 0.05) is 19.5 Å². The number of pyridine rings is 1. The molecule has 0 aliphatic carbocycles. The van der Waals surface area contributed by atoms with Gasteiger partial charge in [-0.05, 0) is 48.0 Å². The minimum Gasteiger partial charge on any atom is -0.508 e. The number of rotatable bonds is 6. The molecule has 0 radical (unpaired) electrons. The third-order valence-corrected chi connectivity index (χ3v) is 6.55. The molecule has 1 unspecified atom stereocenters. The zero-order valence-corrected chi connectivity index (χ0v) is 19.1. The number of phenols is 1. The lowest BCUT2D eigenvalue weighted by Gasteiger charge is -2.30. The van der Waals surface area contributed by atoms with E-state index in [1.807, 2.05) is 42.5 Å². The molecule has 0 bridgehead atoms. The summed E-state index contributed by atoms with van der Waals surface area (Å²) in [6, 6.07) is 16.0. The Labute approximate surface area is 202 Å². The smallest absolute Gasteiger partial charge is 0.257 e. The number of hydrogen-bond donors (Lipinski definition) is 1. The Kier molecular flexibility index (Phi) is 5.50. The highest BCUT2D eigenvalue weighted by molar-refractivity contribution is 6.00. The van der Waals surface area contributed by atoms with Gasteiger partial charge in [0.05, 0.1) is 54.9 Å². The van der Waals surface area contributed by atoms with E-state index in [1.165, 1.54) is 0 Å². The maximum Gasteiger partial charge on any atom is 0.257 e. The standard InChI is InChI=1S/C27H25N3O5/c31-19-7-5-18(6-8-19)15-22-23(29-9-13-33-14-10-29)16-21-25(28-22)26(24-4-2-12-35-24)30(27(21)32)17-20-3-1-11-34-20/h1-8,11-12,16,26,31H,9-10,13-15,17H2. The number of aromatic hydroxyl groups is 1. The molecule has 3 aromatic heterocycles. The molecule has 0 spiro atoms. The van der Waals surface area contributed by atoms with Crippen LogP contribution in [0.5, 0.6) is 5.75 Å². The second-order valence-corrected chi connectivity index (χ2v) is 8.76. The number of benzene rings is 1. The van der Waals surface area contributed by atoms with Gasteiger partial charge in [0.15, 0.2) is 0 Å². The number of hydrogen-bond acceptors (Lipinski definition) is 7. The number of morpholine rings is 1. The van der Waals surface area contributed by atoms with E-state index in [0.717, 1.165) is 30.0 Å². The van der Waals surface area contributed by atoms with Crippen molar-refractivity contribution in [3.63, 3.8) is 0 Å². The molecular weight excluding hydrogens is 446 g/mol. The molecule has 35 heavy (non-hydrogen) atoms. The first kappa shape index (κ1) is 21.5. The Morgan fingerprint density at radius 3 is 2.49 bits per heavy atom. The monoisotopic (exact) mass is 471 g/mol. The van der Waals surface area contributed by atoms with Gasteiger partial charge in [0.1, 0.15) is 23.3 Å². The van der Waals surface area contributed by atoms with Crippen LogP contribution in [0.15, 0.2) is 76.0 Å². The molecule has 1 atom stereocenters. The molecule has 1 saturated heterocycles. The number of amides is 1. The van der Waals surface area contributed by atoms with Crippen molar-refractivity contribution in [3.8, 4) is 5.75 Å². The van der Waals surface area contributed by atoms with Crippen LogP contribution >= 0.6 is 0 Å². The van der Waals surface area contributed by atoms with Crippen molar-refractivity contribution in [2.24, 2.45) is 0 Å². The van der Waals surface area contributed by atoms with E-state index in [2.05, 4.69) is 4.90 Å². The lowest BCUT2D eigenvalue weighted by Crippen LogP contribution is -2.37. The maximum absolute atomic E-state index is 13.7. The largest absolute Gasteiger partial charge is 0.508 e. The molecule has 2 aliphatic rings. The summed E-state index contributed by atoms with van der Waals surface area (Å²) >= 11 is 0. The number of ether oxygens (including phenoxy) is 1. The minimum absolute atomic E-state index is 0.101. The molecule has 2 aliphatic heterocycles. The Morgan fingerprint density at radius 2 is 1.77 bits per heavy atom. The third-order valence-electron chi connectivity index (χ3n) is 6.55. The lowest BCUT2D eigenvalue weighted by molar-refractivity contribution is 0.0706. The normalized spacial score (nSPS) is 17.7. The number of fused-ring (bicyclic) bond motifs is 1. The van der Waals surface area contributed by atoms with Crippen molar-refractivity contribution in [1.82, 2.24) is 9.88 Å². The third kappa shape index (κ3) is 4.06. The minimum atomic E-state index is -0.449. The summed E-state index contributed by atoms with van der Waals surface area (Å²) in [7, 11) is 0. The fourth-order valence-electron chi connectivity index (χ4n) is 4.84. The number of anilines is 1. The van der Waals surface area contributed by atoms with Gasteiger partial charge >= 0.3 is 0 Å². The summed E-state index contributed by atoms with van der Waals surface area (Å²) in [4.78, 5) is 22.8. The number of nitrogens with zero attached hydrogens (tertiary/aromatic N) is 3. The average molecular weight is 472 g/mol. The Bertz CT molecular complexity index is 1310. The molecule has 5 heterocycles. The van der Waals surface area contributed by atoms with Crippen LogP contribution in [-0.4, -0.2) is 47.2 Å². The highest BCUT2D eigenvalue weighted by atomic mass is 16.5. The van der Waals surface area contributed by atoms with Crippen molar-refractivity contribution >= 4 is 11.6 Å². The zero-order chi connectivity index (χ0) is 23.8. The van der Waals surface area contributed by atoms with Gasteiger partial charge in [-0.3, -0.25) is 9.78 Å². The van der Waals surface area contributed by atoms with E-state index in [1.54, 1.807) is 29.6 Å². The van der Waals surface area contributed by atoms with E-state index < -0.39 is 6.04 Å². The van der Waals surface area contributed by atoms with Gasteiger partial charge in [-0.2, -0.15) is 0 Å². The van der Waals surface area contributed by atoms with Crippen molar-refractivity contribution in [2.75, 3.05) is 31.2 Å². The Morgan fingerprint density at radius 1 is 1.00 bits per heavy atom. The predicted octanol–water partition coefficient (Wildman–Crippen LogP) is 4.15. The van der Waals surface area contributed by atoms with Crippen LogP contribution in [0.4, 0.5) is 5.69 Å². The summed E-state index contributed by atoms with van der Waals surface area (Å²) in [6.45, 7) is 3.03. The molecule has 4 aromatic rings. The van der Waals surface area contributed by atoms with E-state index >= 15 is 0 Å². The Balaban J connectivity index is 1.46. The number of carbonyl (C=O) groups excluding carboxylic acids is 1. The molecule has 0 saturated carbocycles. The molecular formula is C27H25N3O5. The number of phenolic OH excluding ortho intramolecular Hbond substituents is 1. The van der Waals surface area contributed by atoms with Crippen LogP contribution in [0.3, 0.4) is 0 Å². The highest BCUT2D eigenvalue weighted by Crippen LogP contribution is 2.41. The van der Waals surface area contributed by atoms with Crippen molar-refractivity contribution in [1.29, 1.82) is 0 Å². The van der Waals surface area contributed by atoms with Gasteiger partial charge in [-0.1, -0.05) is 12.1 Å². The number of carbonyl (C=O) groups is 1. The number of furan rings is 2. The number of aromatic nitrogens is 1.